The van der Waals surface area contributed by atoms with Crippen LogP contribution in [0.25, 0.3) is 83.7 Å². The number of rotatable bonds is 6. The Kier molecular flexibility index (Phi) is 5.87. The number of hydrogen-bond donors (Lipinski definition) is 0. The van der Waals surface area contributed by atoms with Gasteiger partial charge in [0.25, 0.3) is 0 Å². The van der Waals surface area contributed by atoms with Gasteiger partial charge in [0, 0.05) is 39.2 Å². The van der Waals surface area contributed by atoms with Crippen LogP contribution in [0.3, 0.4) is 0 Å². The average Bonchev–Trinajstić information content (AvgIpc) is 3.62. The lowest BCUT2D eigenvalue weighted by atomic mass is 9.92. The van der Waals surface area contributed by atoms with Crippen molar-refractivity contribution in [2.75, 3.05) is 0 Å². The highest BCUT2D eigenvalue weighted by atomic mass is 15.1. The zero-order chi connectivity index (χ0) is 36.9. The summed E-state index contributed by atoms with van der Waals surface area (Å²) < 4.78 is 45.0. The van der Waals surface area contributed by atoms with E-state index in [0.29, 0.717) is 16.8 Å². The Labute approximate surface area is 291 Å². The first-order chi connectivity index (χ1) is 26.4. The second kappa shape index (κ2) is 12.2. The summed E-state index contributed by atoms with van der Waals surface area (Å²) in [5.74, 6) is 0. The van der Waals surface area contributed by atoms with Crippen LogP contribution in [0.1, 0.15) is 6.85 Å². The predicted molar refractivity (Wildman–Crippen MR) is 201 cm³/mol. The number of fused-ring (bicyclic) bond motifs is 2. The zero-order valence-corrected chi connectivity index (χ0v) is 26.2. The van der Waals surface area contributed by atoms with Crippen LogP contribution in [0.5, 0.6) is 0 Å². The zero-order valence-electron chi connectivity index (χ0n) is 31.2. The Morgan fingerprint density at radius 2 is 0.939 bits per heavy atom. The monoisotopic (exact) mass is 631 g/mol. The SMILES string of the molecule is [2H]c1c([2H])c([2H])c(-c2cc(-c3cccc(-c4c(-c5ccccc5)nc5ccccn45)c3)cc(-c3nnc(-c4ccccc4)c4ccccc34)c2)c([2H])c1[2H]. The molecule has 0 saturated carbocycles. The maximum absolute atomic E-state index is 8.88. The quantitative estimate of drug-likeness (QED) is 0.183. The van der Waals surface area contributed by atoms with Crippen molar-refractivity contribution in [3.05, 3.63) is 182 Å². The highest BCUT2D eigenvalue weighted by Gasteiger charge is 2.18. The highest BCUT2D eigenvalue weighted by molar-refractivity contribution is 6.02. The number of benzene rings is 6. The van der Waals surface area contributed by atoms with Gasteiger partial charge in [0.15, 0.2) is 0 Å². The highest BCUT2D eigenvalue weighted by Crippen LogP contribution is 2.39. The molecule has 4 heteroatoms. The second-order valence-electron chi connectivity index (χ2n) is 11.8. The van der Waals surface area contributed by atoms with Gasteiger partial charge in [0.1, 0.15) is 17.0 Å². The fourth-order valence-corrected chi connectivity index (χ4v) is 6.51. The number of nitrogens with zero attached hydrogens (tertiary/aromatic N) is 4. The molecule has 0 N–H and O–H groups in total. The minimum atomic E-state index is -0.437. The van der Waals surface area contributed by atoms with Gasteiger partial charge in [-0.1, -0.05) is 139 Å². The van der Waals surface area contributed by atoms with Crippen molar-refractivity contribution in [2.24, 2.45) is 0 Å². The molecule has 49 heavy (non-hydrogen) atoms. The number of hydrogen-bond acceptors (Lipinski definition) is 3. The molecule has 3 heterocycles. The summed E-state index contributed by atoms with van der Waals surface area (Å²) >= 11 is 0. The van der Waals surface area contributed by atoms with Crippen molar-refractivity contribution in [1.82, 2.24) is 19.6 Å². The summed E-state index contributed by atoms with van der Waals surface area (Å²) in [6, 6.07) is 46.2. The third kappa shape index (κ3) is 5.26. The molecule has 0 fully saturated rings. The Morgan fingerprint density at radius 3 is 1.65 bits per heavy atom. The maximum Gasteiger partial charge on any atom is 0.137 e. The largest absolute Gasteiger partial charge is 0.299 e. The van der Waals surface area contributed by atoms with E-state index < -0.39 is 18.1 Å². The minimum Gasteiger partial charge on any atom is -0.299 e. The molecular formula is C45H30N4. The Balaban J connectivity index is 1.29. The van der Waals surface area contributed by atoms with Crippen LogP contribution in [0.15, 0.2) is 182 Å². The standard InChI is InChI=1S/C45H30N4/c1-4-15-31(16-5-1)36-28-37(30-38(29-36)43-40-24-11-10-23-39(40)42(47-48-43)32-17-6-2-7-18-32)34-21-14-22-35(27-34)45-44(33-19-8-3-9-20-33)46-41-25-12-13-26-49(41)45/h1-30H/i1D,4D,5D,15D,16D. The lowest BCUT2D eigenvalue weighted by Gasteiger charge is -2.14. The molecule has 0 spiro atoms. The molecule has 230 valence electrons. The van der Waals surface area contributed by atoms with Gasteiger partial charge >= 0.3 is 0 Å². The first-order valence-electron chi connectivity index (χ1n) is 18.5. The summed E-state index contributed by atoms with van der Waals surface area (Å²) in [6.07, 6.45) is 2.01. The van der Waals surface area contributed by atoms with Crippen LogP contribution < -0.4 is 0 Å². The van der Waals surface area contributed by atoms with Gasteiger partial charge in [-0.25, -0.2) is 4.98 Å². The number of aromatic nitrogens is 4. The van der Waals surface area contributed by atoms with E-state index in [1.807, 2.05) is 128 Å². The Hall–Kier alpha value is -6.65. The number of imidazole rings is 1. The third-order valence-electron chi connectivity index (χ3n) is 8.78. The van der Waals surface area contributed by atoms with Gasteiger partial charge in [-0.15, -0.1) is 10.2 Å². The summed E-state index contributed by atoms with van der Waals surface area (Å²) in [5, 5.41) is 11.3. The fraction of sp³-hybridized carbons (Fsp3) is 0. The molecule has 0 unspecified atom stereocenters. The third-order valence-corrected chi connectivity index (χ3v) is 8.78. The van der Waals surface area contributed by atoms with E-state index in [4.69, 9.17) is 22.0 Å². The summed E-state index contributed by atoms with van der Waals surface area (Å²) in [5.41, 5.74) is 9.81. The second-order valence-corrected chi connectivity index (χ2v) is 11.8. The van der Waals surface area contributed by atoms with Gasteiger partial charge in [-0.2, -0.15) is 0 Å². The minimum absolute atomic E-state index is 0.117. The van der Waals surface area contributed by atoms with Crippen LogP contribution in [0, 0.1) is 0 Å². The van der Waals surface area contributed by atoms with Crippen LogP contribution in [-0.2, 0) is 0 Å². The average molecular weight is 632 g/mol. The number of pyridine rings is 1. The van der Waals surface area contributed by atoms with E-state index in [1.165, 1.54) is 0 Å². The Bertz CT molecular complexity index is 2860. The molecule has 9 aromatic rings. The van der Waals surface area contributed by atoms with Crippen molar-refractivity contribution < 1.29 is 6.85 Å². The van der Waals surface area contributed by atoms with Crippen molar-refractivity contribution in [3.8, 4) is 67.3 Å². The molecule has 0 amide bonds. The first-order valence-corrected chi connectivity index (χ1v) is 16.0. The Morgan fingerprint density at radius 1 is 0.408 bits per heavy atom. The summed E-state index contributed by atoms with van der Waals surface area (Å²) in [7, 11) is 0. The summed E-state index contributed by atoms with van der Waals surface area (Å²) in [6.45, 7) is 0. The van der Waals surface area contributed by atoms with Crippen LogP contribution >= 0.6 is 0 Å². The fourth-order valence-electron chi connectivity index (χ4n) is 6.51. The van der Waals surface area contributed by atoms with Crippen LogP contribution in [0.4, 0.5) is 0 Å². The smallest absolute Gasteiger partial charge is 0.137 e. The van der Waals surface area contributed by atoms with Gasteiger partial charge in [-0.3, -0.25) is 4.40 Å². The van der Waals surface area contributed by atoms with E-state index in [9.17, 15) is 0 Å². The molecular weight excluding hydrogens is 597 g/mol. The van der Waals surface area contributed by atoms with Gasteiger partial charge in [-0.05, 0) is 58.7 Å². The normalized spacial score (nSPS) is 12.7. The molecule has 3 aromatic heterocycles. The first kappa shape index (κ1) is 23.6. The molecule has 4 nitrogen and oxygen atoms in total. The molecule has 0 radical (unpaired) electrons. The van der Waals surface area contributed by atoms with Crippen LogP contribution in [-0.4, -0.2) is 19.6 Å². The lowest BCUT2D eigenvalue weighted by molar-refractivity contribution is 1.06. The maximum atomic E-state index is 8.88. The molecule has 0 bridgehead atoms. The van der Waals surface area contributed by atoms with Crippen molar-refractivity contribution >= 4 is 16.4 Å². The summed E-state index contributed by atoms with van der Waals surface area (Å²) in [4.78, 5) is 5.03. The predicted octanol–water partition coefficient (Wildman–Crippen LogP) is 11.3. The molecule has 9 rings (SSSR count). The van der Waals surface area contributed by atoms with E-state index >= 15 is 0 Å². The van der Waals surface area contributed by atoms with Crippen LogP contribution in [0.2, 0.25) is 0 Å². The van der Waals surface area contributed by atoms with Crippen molar-refractivity contribution in [1.29, 1.82) is 0 Å². The lowest BCUT2D eigenvalue weighted by Crippen LogP contribution is -1.96. The van der Waals surface area contributed by atoms with Gasteiger partial charge < -0.3 is 0 Å². The van der Waals surface area contributed by atoms with E-state index in [0.717, 1.165) is 61.3 Å². The molecule has 0 saturated heterocycles. The molecule has 6 aromatic carbocycles. The molecule has 0 aliphatic rings. The van der Waals surface area contributed by atoms with Gasteiger partial charge in [0.05, 0.1) is 18.2 Å². The van der Waals surface area contributed by atoms with E-state index in [2.05, 4.69) is 28.7 Å². The van der Waals surface area contributed by atoms with E-state index in [-0.39, 0.29) is 17.6 Å². The van der Waals surface area contributed by atoms with E-state index in [1.54, 1.807) is 0 Å². The molecule has 0 atom stereocenters. The topological polar surface area (TPSA) is 43.1 Å². The molecule has 0 aliphatic heterocycles. The van der Waals surface area contributed by atoms with Crippen molar-refractivity contribution in [2.45, 2.75) is 0 Å². The van der Waals surface area contributed by atoms with Gasteiger partial charge in [0.2, 0.25) is 0 Å². The van der Waals surface area contributed by atoms with Crippen molar-refractivity contribution in [3.63, 3.8) is 0 Å². The molecule has 0 aliphatic carbocycles.